The predicted octanol–water partition coefficient (Wildman–Crippen LogP) is 2.33. The van der Waals surface area contributed by atoms with Crippen LogP contribution < -0.4 is 11.3 Å². The molecule has 0 aliphatic heterocycles. The minimum Gasteiger partial charge on any atom is -0.330 e. The van der Waals surface area contributed by atoms with Gasteiger partial charge in [0.1, 0.15) is 0 Å². The Hall–Kier alpha value is -1.68. The summed E-state index contributed by atoms with van der Waals surface area (Å²) < 4.78 is 1.68. The fraction of sp³-hybridized carbons (Fsp3) is 0.500. The van der Waals surface area contributed by atoms with Crippen molar-refractivity contribution in [3.8, 4) is 0 Å². The Morgan fingerprint density at radius 2 is 2.15 bits per heavy atom. The molecule has 106 valence electrons. The molecule has 1 aliphatic rings. The van der Waals surface area contributed by atoms with Crippen molar-refractivity contribution in [1.29, 1.82) is 0 Å². The smallest absolute Gasteiger partial charge is 0.274 e. The fourth-order valence-corrected chi connectivity index (χ4v) is 3.33. The van der Waals surface area contributed by atoms with Gasteiger partial charge in [0, 0.05) is 5.39 Å². The van der Waals surface area contributed by atoms with E-state index < -0.39 is 0 Å². The van der Waals surface area contributed by atoms with Crippen molar-refractivity contribution in [2.45, 2.75) is 32.2 Å². The van der Waals surface area contributed by atoms with Crippen molar-refractivity contribution in [2.75, 3.05) is 6.54 Å². The van der Waals surface area contributed by atoms with Gasteiger partial charge in [-0.1, -0.05) is 31.5 Å². The van der Waals surface area contributed by atoms with Crippen molar-refractivity contribution in [3.63, 3.8) is 0 Å². The van der Waals surface area contributed by atoms with Crippen LogP contribution in [-0.2, 0) is 0 Å². The van der Waals surface area contributed by atoms with Crippen LogP contribution in [0.15, 0.2) is 35.3 Å². The normalized spacial score (nSPS) is 26.8. The minimum atomic E-state index is 0.0145. The van der Waals surface area contributed by atoms with Gasteiger partial charge in [0.05, 0.1) is 17.6 Å². The van der Waals surface area contributed by atoms with E-state index in [0.717, 1.165) is 23.6 Å². The molecule has 0 amide bonds. The lowest BCUT2D eigenvalue weighted by molar-refractivity contribution is 0.180. The third-order valence-electron chi connectivity index (χ3n) is 4.56. The molecule has 0 bridgehead atoms. The number of hydrogen-bond acceptors (Lipinski definition) is 3. The van der Waals surface area contributed by atoms with E-state index in [9.17, 15) is 4.79 Å². The molecule has 3 rings (SSSR count). The summed E-state index contributed by atoms with van der Waals surface area (Å²) in [5, 5.41) is 6.06. The van der Waals surface area contributed by atoms with Crippen LogP contribution in [0.4, 0.5) is 0 Å². The van der Waals surface area contributed by atoms with Crippen LogP contribution in [0.5, 0.6) is 0 Å². The van der Waals surface area contributed by atoms with E-state index in [1.165, 1.54) is 6.42 Å². The first kappa shape index (κ1) is 13.3. The number of nitrogens with two attached hydrogens (primary N) is 1. The average molecular weight is 271 g/mol. The molecule has 3 unspecified atom stereocenters. The number of rotatable bonds is 2. The predicted molar refractivity (Wildman–Crippen MR) is 80.6 cm³/mol. The number of hydrogen-bond donors (Lipinski definition) is 1. The minimum absolute atomic E-state index is 0.0145. The lowest BCUT2D eigenvalue weighted by Gasteiger charge is -2.34. The Balaban J connectivity index is 2.08. The summed E-state index contributed by atoms with van der Waals surface area (Å²) in [6, 6.07) is 7.77. The Labute approximate surface area is 118 Å². The quantitative estimate of drug-likeness (QED) is 0.912. The molecule has 3 atom stereocenters. The van der Waals surface area contributed by atoms with Crippen LogP contribution in [0.1, 0.15) is 32.2 Å². The Morgan fingerprint density at radius 1 is 1.35 bits per heavy atom. The highest BCUT2D eigenvalue weighted by Gasteiger charge is 2.30. The molecule has 4 nitrogen and oxygen atoms in total. The highest BCUT2D eigenvalue weighted by Crippen LogP contribution is 2.35. The van der Waals surface area contributed by atoms with Gasteiger partial charge in [0.2, 0.25) is 0 Å². The van der Waals surface area contributed by atoms with Gasteiger partial charge in [0.25, 0.3) is 5.56 Å². The summed E-state index contributed by atoms with van der Waals surface area (Å²) in [6.07, 6.45) is 5.07. The summed E-state index contributed by atoms with van der Waals surface area (Å²) in [5.41, 5.74) is 5.91. The van der Waals surface area contributed by atoms with Crippen LogP contribution in [0, 0.1) is 11.8 Å². The highest BCUT2D eigenvalue weighted by molar-refractivity contribution is 5.80. The second kappa shape index (κ2) is 5.37. The first-order chi connectivity index (χ1) is 9.70. The van der Waals surface area contributed by atoms with Gasteiger partial charge < -0.3 is 5.73 Å². The molecule has 1 saturated carbocycles. The van der Waals surface area contributed by atoms with Gasteiger partial charge in [-0.3, -0.25) is 4.79 Å². The van der Waals surface area contributed by atoms with Crippen LogP contribution in [0.3, 0.4) is 0 Å². The Morgan fingerprint density at radius 3 is 2.95 bits per heavy atom. The van der Waals surface area contributed by atoms with E-state index in [4.69, 9.17) is 5.73 Å². The van der Waals surface area contributed by atoms with Gasteiger partial charge >= 0.3 is 0 Å². The van der Waals surface area contributed by atoms with Gasteiger partial charge in [-0.25, -0.2) is 4.68 Å². The number of benzene rings is 1. The summed E-state index contributed by atoms with van der Waals surface area (Å²) in [7, 11) is 0. The summed E-state index contributed by atoms with van der Waals surface area (Å²) in [5.74, 6) is 0.987. The fourth-order valence-electron chi connectivity index (χ4n) is 3.33. The largest absolute Gasteiger partial charge is 0.330 e. The van der Waals surface area contributed by atoms with Crippen molar-refractivity contribution in [3.05, 3.63) is 40.8 Å². The molecular formula is C16H21N3O. The maximum atomic E-state index is 12.7. The van der Waals surface area contributed by atoms with Gasteiger partial charge in [-0.15, -0.1) is 0 Å². The topological polar surface area (TPSA) is 60.9 Å². The zero-order chi connectivity index (χ0) is 14.1. The lowest BCUT2D eigenvalue weighted by Crippen LogP contribution is -2.38. The van der Waals surface area contributed by atoms with E-state index in [-0.39, 0.29) is 11.6 Å². The molecule has 1 aromatic heterocycles. The first-order valence-electron chi connectivity index (χ1n) is 7.37. The molecular weight excluding hydrogens is 250 g/mol. The third-order valence-corrected chi connectivity index (χ3v) is 4.56. The molecule has 0 saturated heterocycles. The van der Waals surface area contributed by atoms with E-state index >= 15 is 0 Å². The zero-order valence-electron chi connectivity index (χ0n) is 11.8. The van der Waals surface area contributed by atoms with Crippen LogP contribution in [0.25, 0.3) is 10.8 Å². The summed E-state index contributed by atoms with van der Waals surface area (Å²) in [4.78, 5) is 12.7. The van der Waals surface area contributed by atoms with E-state index in [2.05, 4.69) is 12.0 Å². The van der Waals surface area contributed by atoms with Crippen LogP contribution in [-0.4, -0.2) is 16.3 Å². The van der Waals surface area contributed by atoms with Crippen molar-refractivity contribution < 1.29 is 0 Å². The summed E-state index contributed by atoms with van der Waals surface area (Å²) in [6.45, 7) is 2.87. The molecule has 20 heavy (non-hydrogen) atoms. The molecule has 2 N–H and O–H groups in total. The third kappa shape index (κ3) is 2.24. The number of nitrogens with zero attached hydrogens (tertiary/aromatic N) is 2. The summed E-state index contributed by atoms with van der Waals surface area (Å²) >= 11 is 0. The van der Waals surface area contributed by atoms with E-state index in [0.29, 0.717) is 18.4 Å². The monoisotopic (exact) mass is 271 g/mol. The standard InChI is InChI=1S/C16H21N3O/c1-11-6-7-12(9-17)15(8-11)19-16(20)14-5-3-2-4-13(14)10-18-19/h2-5,10-12,15H,6-9,17H2,1H3. The Bertz CT molecular complexity index is 664. The molecule has 2 aromatic rings. The van der Waals surface area contributed by atoms with E-state index in [1.54, 1.807) is 10.9 Å². The molecule has 1 aromatic carbocycles. The first-order valence-corrected chi connectivity index (χ1v) is 7.37. The second-order valence-corrected chi connectivity index (χ2v) is 5.96. The number of fused-ring (bicyclic) bond motifs is 1. The molecule has 0 spiro atoms. The van der Waals surface area contributed by atoms with Crippen molar-refractivity contribution >= 4 is 10.8 Å². The van der Waals surface area contributed by atoms with E-state index in [1.807, 2.05) is 24.3 Å². The maximum absolute atomic E-state index is 12.7. The average Bonchev–Trinajstić information content (AvgIpc) is 2.48. The van der Waals surface area contributed by atoms with Crippen LogP contribution >= 0.6 is 0 Å². The molecule has 1 aliphatic carbocycles. The maximum Gasteiger partial charge on any atom is 0.274 e. The molecule has 4 heteroatoms. The van der Waals surface area contributed by atoms with Gasteiger partial charge in [-0.05, 0) is 37.3 Å². The highest BCUT2D eigenvalue weighted by atomic mass is 16.1. The van der Waals surface area contributed by atoms with Crippen molar-refractivity contribution in [1.82, 2.24) is 9.78 Å². The van der Waals surface area contributed by atoms with Crippen molar-refractivity contribution in [2.24, 2.45) is 17.6 Å². The lowest BCUT2D eigenvalue weighted by atomic mass is 9.79. The van der Waals surface area contributed by atoms with Gasteiger partial charge in [0.15, 0.2) is 0 Å². The second-order valence-electron chi connectivity index (χ2n) is 5.96. The molecule has 1 fully saturated rings. The SMILES string of the molecule is CC1CCC(CN)C(n2ncc3ccccc3c2=O)C1. The zero-order valence-corrected chi connectivity index (χ0v) is 11.8. The number of aromatic nitrogens is 2. The van der Waals surface area contributed by atoms with Crippen LogP contribution in [0.2, 0.25) is 0 Å². The van der Waals surface area contributed by atoms with Gasteiger partial charge in [-0.2, -0.15) is 5.10 Å². The Kier molecular flexibility index (Phi) is 3.57. The molecule has 1 heterocycles. The molecule has 0 radical (unpaired) electrons.